The van der Waals surface area contributed by atoms with Crippen LogP contribution in [-0.4, -0.2) is 60.9 Å². The lowest BCUT2D eigenvalue weighted by Gasteiger charge is -2.25. The predicted molar refractivity (Wildman–Crippen MR) is 225 cm³/mol. The van der Waals surface area contributed by atoms with E-state index in [4.69, 9.17) is 9.47 Å². The molecule has 1 saturated carbocycles. The van der Waals surface area contributed by atoms with E-state index < -0.39 is 0 Å². The molecule has 0 aromatic carbocycles. The molecule has 1 aliphatic carbocycles. The first-order chi connectivity index (χ1) is 26.0. The van der Waals surface area contributed by atoms with Crippen molar-refractivity contribution in [2.45, 2.75) is 252 Å². The largest absolute Gasteiger partial charge is 0.466 e. The van der Waals surface area contributed by atoms with E-state index in [9.17, 15) is 14.7 Å². The van der Waals surface area contributed by atoms with Gasteiger partial charge in [-0.1, -0.05) is 149 Å². The highest BCUT2D eigenvalue weighted by molar-refractivity contribution is 5.69. The average molecular weight is 750 g/mol. The van der Waals surface area contributed by atoms with Gasteiger partial charge in [-0.3, -0.25) is 9.59 Å². The maximum absolute atomic E-state index is 12.9. The summed E-state index contributed by atoms with van der Waals surface area (Å²) >= 11 is 0. The van der Waals surface area contributed by atoms with E-state index in [0.717, 1.165) is 71.0 Å². The molecule has 0 saturated heterocycles. The monoisotopic (exact) mass is 750 g/mol. The molecule has 1 fully saturated rings. The molecule has 0 amide bonds. The second-order valence-electron chi connectivity index (χ2n) is 17.0. The lowest BCUT2D eigenvalue weighted by atomic mass is 9.94. The van der Waals surface area contributed by atoms with Crippen molar-refractivity contribution in [3.63, 3.8) is 0 Å². The van der Waals surface area contributed by atoms with Gasteiger partial charge in [0, 0.05) is 26.0 Å². The maximum atomic E-state index is 12.9. The van der Waals surface area contributed by atoms with Crippen molar-refractivity contribution < 1.29 is 24.2 Å². The van der Waals surface area contributed by atoms with E-state index >= 15 is 0 Å². The van der Waals surface area contributed by atoms with E-state index in [0.29, 0.717) is 24.9 Å². The number of unbranched alkanes of at least 4 members (excludes halogenated alkanes) is 21. The predicted octanol–water partition coefficient (Wildman–Crippen LogP) is 13.4. The van der Waals surface area contributed by atoms with Gasteiger partial charge < -0.3 is 19.5 Å². The maximum Gasteiger partial charge on any atom is 0.306 e. The first-order valence-electron chi connectivity index (χ1n) is 23.7. The molecule has 0 spiro atoms. The van der Waals surface area contributed by atoms with E-state index in [1.54, 1.807) is 0 Å². The number of aliphatic hydroxyl groups is 1. The van der Waals surface area contributed by atoms with Crippen molar-refractivity contribution in [3.8, 4) is 0 Å². The zero-order valence-corrected chi connectivity index (χ0v) is 35.9. The molecule has 0 aromatic heterocycles. The topological polar surface area (TPSA) is 76.1 Å². The van der Waals surface area contributed by atoms with Crippen molar-refractivity contribution in [1.29, 1.82) is 0 Å². The molecule has 6 heteroatoms. The smallest absolute Gasteiger partial charge is 0.306 e. The summed E-state index contributed by atoms with van der Waals surface area (Å²) in [6, 6.07) is 0. The Morgan fingerprint density at radius 3 is 1.57 bits per heavy atom. The van der Waals surface area contributed by atoms with Crippen LogP contribution in [0.3, 0.4) is 0 Å². The quantitative estimate of drug-likeness (QED) is 0.0495. The van der Waals surface area contributed by atoms with Crippen molar-refractivity contribution >= 4 is 11.9 Å². The second-order valence-corrected chi connectivity index (χ2v) is 17.0. The fourth-order valence-corrected chi connectivity index (χ4v) is 7.86. The van der Waals surface area contributed by atoms with Crippen LogP contribution in [-0.2, 0) is 19.1 Å². The van der Waals surface area contributed by atoms with Crippen molar-refractivity contribution in [2.24, 2.45) is 5.41 Å². The normalized spacial score (nSPS) is 13.6. The SMILES string of the molecule is CCCCCCCCCOC(=O)CCCCCCCN(CCCO)CCC1(CCCCC(=O)OC(CCCCCCCC)CCCCCCCC)CC1. The van der Waals surface area contributed by atoms with Gasteiger partial charge >= 0.3 is 11.9 Å². The van der Waals surface area contributed by atoms with Crippen LogP contribution in [0.4, 0.5) is 0 Å². The van der Waals surface area contributed by atoms with Crippen molar-refractivity contribution in [3.05, 3.63) is 0 Å². The second kappa shape index (κ2) is 36.5. The van der Waals surface area contributed by atoms with E-state index in [1.807, 2.05) is 0 Å². The number of hydrogen-bond acceptors (Lipinski definition) is 6. The molecule has 0 bridgehead atoms. The van der Waals surface area contributed by atoms with Gasteiger partial charge in [-0.15, -0.1) is 0 Å². The molecule has 314 valence electrons. The van der Waals surface area contributed by atoms with Crippen LogP contribution in [0, 0.1) is 5.41 Å². The van der Waals surface area contributed by atoms with Crippen LogP contribution in [0.1, 0.15) is 245 Å². The number of nitrogens with zero attached hydrogens (tertiary/aromatic N) is 1. The van der Waals surface area contributed by atoms with E-state index in [-0.39, 0.29) is 24.6 Å². The summed E-state index contributed by atoms with van der Waals surface area (Å²) in [5.74, 6) is 0.0112. The molecule has 0 aromatic rings. The summed E-state index contributed by atoms with van der Waals surface area (Å²) in [6.07, 6.45) is 41.1. The number of ether oxygens (including phenoxy) is 2. The molecule has 0 atom stereocenters. The fourth-order valence-electron chi connectivity index (χ4n) is 7.86. The number of carbonyl (C=O) groups excluding carboxylic acids is 2. The molecular weight excluding hydrogens is 659 g/mol. The Hall–Kier alpha value is -1.14. The van der Waals surface area contributed by atoms with Crippen LogP contribution in [0.25, 0.3) is 0 Å². The third-order valence-corrected chi connectivity index (χ3v) is 11.8. The summed E-state index contributed by atoms with van der Waals surface area (Å²) in [5.41, 5.74) is 0.475. The molecular formula is C47H91NO5. The summed E-state index contributed by atoms with van der Waals surface area (Å²) in [4.78, 5) is 27.5. The molecule has 1 aliphatic rings. The van der Waals surface area contributed by atoms with Crippen LogP contribution in [0.15, 0.2) is 0 Å². The minimum Gasteiger partial charge on any atom is -0.466 e. The highest BCUT2D eigenvalue weighted by Gasteiger charge is 2.41. The minimum absolute atomic E-state index is 0.0219. The fraction of sp³-hybridized carbons (Fsp3) is 0.957. The first-order valence-corrected chi connectivity index (χ1v) is 23.7. The molecule has 1 N–H and O–H groups in total. The number of rotatable bonds is 42. The summed E-state index contributed by atoms with van der Waals surface area (Å²) in [7, 11) is 0. The summed E-state index contributed by atoms with van der Waals surface area (Å²) in [6.45, 7) is 10.8. The van der Waals surface area contributed by atoms with Crippen molar-refractivity contribution in [2.75, 3.05) is 32.8 Å². The Morgan fingerprint density at radius 2 is 1.00 bits per heavy atom. The van der Waals surface area contributed by atoms with Crippen LogP contribution < -0.4 is 0 Å². The molecule has 6 nitrogen and oxygen atoms in total. The Bertz CT molecular complexity index is 799. The van der Waals surface area contributed by atoms with Gasteiger partial charge in [0.15, 0.2) is 0 Å². The third-order valence-electron chi connectivity index (χ3n) is 11.8. The number of carbonyl (C=O) groups is 2. The van der Waals surface area contributed by atoms with Crippen molar-refractivity contribution in [1.82, 2.24) is 4.90 Å². The molecule has 0 aliphatic heterocycles. The highest BCUT2D eigenvalue weighted by Crippen LogP contribution is 2.53. The third kappa shape index (κ3) is 31.7. The van der Waals surface area contributed by atoms with Crippen LogP contribution in [0.2, 0.25) is 0 Å². The van der Waals surface area contributed by atoms with Gasteiger partial charge in [-0.05, 0) is 102 Å². The molecule has 0 radical (unpaired) electrons. The Kier molecular flexibility index (Phi) is 34.3. The average Bonchev–Trinajstić information content (AvgIpc) is 3.94. The van der Waals surface area contributed by atoms with E-state index in [2.05, 4.69) is 25.7 Å². The standard InChI is InChI=1S/C47H91NO5/c1-4-7-10-13-16-22-29-43-52-45(50)33-25-20-17-21-28-39-48(40-30-42-49)41-38-47(36-37-47)35-27-26-34-46(51)53-44(31-23-18-14-11-8-5-2)32-24-19-15-12-9-6-3/h44,49H,4-43H2,1-3H3. The van der Waals surface area contributed by atoms with E-state index in [1.165, 1.54) is 161 Å². The number of aliphatic hydroxyl groups excluding tert-OH is 1. The van der Waals surface area contributed by atoms with Gasteiger partial charge in [0.2, 0.25) is 0 Å². The Balaban J connectivity index is 2.23. The Labute approximate surface area is 330 Å². The Morgan fingerprint density at radius 1 is 0.528 bits per heavy atom. The van der Waals surface area contributed by atoms with Gasteiger partial charge in [0.25, 0.3) is 0 Å². The zero-order chi connectivity index (χ0) is 38.5. The minimum atomic E-state index is -0.0219. The lowest BCUT2D eigenvalue weighted by molar-refractivity contribution is -0.150. The lowest BCUT2D eigenvalue weighted by Crippen LogP contribution is -2.29. The van der Waals surface area contributed by atoms with Gasteiger partial charge in [0.1, 0.15) is 6.10 Å². The number of hydrogen-bond donors (Lipinski definition) is 1. The zero-order valence-electron chi connectivity index (χ0n) is 35.9. The first kappa shape index (κ1) is 49.9. The van der Waals surface area contributed by atoms with Gasteiger partial charge in [0.05, 0.1) is 6.61 Å². The van der Waals surface area contributed by atoms with Crippen LogP contribution in [0.5, 0.6) is 0 Å². The molecule has 0 heterocycles. The van der Waals surface area contributed by atoms with Gasteiger partial charge in [-0.2, -0.15) is 0 Å². The molecule has 0 unspecified atom stereocenters. The molecule has 1 rings (SSSR count). The van der Waals surface area contributed by atoms with Gasteiger partial charge in [-0.25, -0.2) is 0 Å². The highest BCUT2D eigenvalue weighted by atomic mass is 16.5. The number of esters is 2. The van der Waals surface area contributed by atoms with Crippen LogP contribution >= 0.6 is 0 Å². The summed E-state index contributed by atoms with van der Waals surface area (Å²) < 4.78 is 11.5. The summed E-state index contributed by atoms with van der Waals surface area (Å²) in [5, 5.41) is 9.49. The molecule has 53 heavy (non-hydrogen) atoms.